The number of aliphatic hydroxyl groups is 1. The van der Waals surface area contributed by atoms with Gasteiger partial charge >= 0.3 is 0 Å². The Morgan fingerprint density at radius 3 is 2.79 bits per heavy atom. The minimum absolute atomic E-state index is 0.117. The number of carbonyl (C=O) groups excluding carboxylic acids is 1. The Balaban J connectivity index is 1.60. The van der Waals surface area contributed by atoms with Crippen LogP contribution in [0.25, 0.3) is 0 Å². The molecule has 3 rings (SSSR count). The molecule has 0 spiro atoms. The fourth-order valence-corrected chi connectivity index (χ4v) is 2.38. The highest BCUT2D eigenvalue weighted by atomic mass is 16.5. The third kappa shape index (κ3) is 5.15. The molecule has 144 valence electrons. The van der Waals surface area contributed by atoms with Gasteiger partial charge in [-0.15, -0.1) is 0 Å². The maximum Gasteiger partial charge on any atom is 0.275 e. The highest BCUT2D eigenvalue weighted by Crippen LogP contribution is 2.17. The van der Waals surface area contributed by atoms with Crippen molar-refractivity contribution in [2.75, 3.05) is 29.6 Å². The summed E-state index contributed by atoms with van der Waals surface area (Å²) >= 11 is 0. The Morgan fingerprint density at radius 2 is 2.04 bits per heavy atom. The van der Waals surface area contributed by atoms with Crippen molar-refractivity contribution in [1.82, 2.24) is 15.0 Å². The van der Waals surface area contributed by atoms with E-state index in [-0.39, 0.29) is 30.7 Å². The Kier molecular flexibility index (Phi) is 6.32. The van der Waals surface area contributed by atoms with Gasteiger partial charge in [-0.3, -0.25) is 4.79 Å². The van der Waals surface area contributed by atoms with Crippen LogP contribution in [0.5, 0.6) is 5.88 Å². The number of nitrogens with zero attached hydrogens (tertiary/aromatic N) is 3. The van der Waals surface area contributed by atoms with Crippen LogP contribution in [0.3, 0.4) is 0 Å². The number of ether oxygens (including phenoxy) is 1. The number of rotatable bonds is 8. The first-order valence-corrected chi connectivity index (χ1v) is 8.56. The summed E-state index contributed by atoms with van der Waals surface area (Å²) in [6, 6.07) is 11.1. The fourth-order valence-electron chi connectivity index (χ4n) is 2.38. The minimum Gasteiger partial charge on any atom is -0.474 e. The van der Waals surface area contributed by atoms with E-state index in [1.54, 1.807) is 18.3 Å². The van der Waals surface area contributed by atoms with Gasteiger partial charge in [0, 0.05) is 18.4 Å². The number of benzene rings is 1. The van der Waals surface area contributed by atoms with Crippen LogP contribution in [-0.2, 0) is 6.54 Å². The van der Waals surface area contributed by atoms with Crippen molar-refractivity contribution in [2.45, 2.75) is 6.54 Å². The summed E-state index contributed by atoms with van der Waals surface area (Å²) in [6.45, 7) is 0.518. The summed E-state index contributed by atoms with van der Waals surface area (Å²) in [7, 11) is 0. The topological polar surface area (TPSA) is 135 Å². The van der Waals surface area contributed by atoms with Crippen molar-refractivity contribution in [3.8, 4) is 5.88 Å². The molecule has 9 heteroatoms. The zero-order valence-electron chi connectivity index (χ0n) is 15.0. The first-order chi connectivity index (χ1) is 13.7. The molecule has 0 saturated carbocycles. The molecule has 0 fully saturated rings. The van der Waals surface area contributed by atoms with Crippen LogP contribution in [0.2, 0.25) is 0 Å². The van der Waals surface area contributed by atoms with Gasteiger partial charge in [-0.25, -0.2) is 15.0 Å². The summed E-state index contributed by atoms with van der Waals surface area (Å²) in [6.07, 6.45) is 4.28. The van der Waals surface area contributed by atoms with Gasteiger partial charge in [0.05, 0.1) is 24.7 Å². The zero-order chi connectivity index (χ0) is 19.8. The van der Waals surface area contributed by atoms with Gasteiger partial charge in [-0.05, 0) is 29.8 Å². The molecule has 0 aliphatic heterocycles. The molecule has 1 amide bonds. The van der Waals surface area contributed by atoms with Crippen LogP contribution in [0.15, 0.2) is 55.0 Å². The van der Waals surface area contributed by atoms with Gasteiger partial charge in [0.2, 0.25) is 5.88 Å². The van der Waals surface area contributed by atoms with Crippen molar-refractivity contribution in [1.29, 1.82) is 0 Å². The van der Waals surface area contributed by atoms with Gasteiger partial charge in [0.25, 0.3) is 5.91 Å². The van der Waals surface area contributed by atoms with E-state index in [0.717, 1.165) is 11.3 Å². The third-order valence-corrected chi connectivity index (χ3v) is 3.71. The molecule has 28 heavy (non-hydrogen) atoms. The van der Waals surface area contributed by atoms with Crippen LogP contribution < -0.4 is 21.1 Å². The average Bonchev–Trinajstić information content (AvgIpc) is 2.72. The molecule has 0 aliphatic carbocycles. The molecule has 3 aromatic rings. The number of nitrogens with two attached hydrogens (primary N) is 1. The predicted molar refractivity (Wildman–Crippen MR) is 105 cm³/mol. The highest BCUT2D eigenvalue weighted by Gasteiger charge is 2.09. The van der Waals surface area contributed by atoms with Gasteiger partial charge < -0.3 is 26.2 Å². The molecule has 0 aliphatic rings. The maximum absolute atomic E-state index is 12.3. The number of nitrogens with one attached hydrogen (secondary N) is 2. The lowest BCUT2D eigenvalue weighted by Crippen LogP contribution is -2.14. The smallest absolute Gasteiger partial charge is 0.275 e. The second kappa shape index (κ2) is 9.28. The number of aromatic nitrogens is 3. The molecule has 1 aromatic carbocycles. The molecule has 5 N–H and O–H groups in total. The van der Waals surface area contributed by atoms with E-state index in [4.69, 9.17) is 15.6 Å². The highest BCUT2D eigenvalue weighted by molar-refractivity contribution is 6.02. The van der Waals surface area contributed by atoms with E-state index in [1.807, 2.05) is 24.3 Å². The van der Waals surface area contributed by atoms with Crippen LogP contribution >= 0.6 is 0 Å². The maximum atomic E-state index is 12.3. The number of hydrogen-bond acceptors (Lipinski definition) is 8. The van der Waals surface area contributed by atoms with E-state index in [2.05, 4.69) is 25.6 Å². The normalized spacial score (nSPS) is 10.3. The van der Waals surface area contributed by atoms with Gasteiger partial charge in [-0.1, -0.05) is 12.1 Å². The zero-order valence-corrected chi connectivity index (χ0v) is 15.0. The van der Waals surface area contributed by atoms with Crippen LogP contribution in [0.1, 0.15) is 16.1 Å². The first-order valence-electron chi connectivity index (χ1n) is 8.56. The van der Waals surface area contributed by atoms with Crippen LogP contribution in [0.4, 0.5) is 17.2 Å². The molecule has 0 atom stereocenters. The van der Waals surface area contributed by atoms with E-state index in [1.165, 1.54) is 12.4 Å². The average molecular weight is 380 g/mol. The second-order valence-corrected chi connectivity index (χ2v) is 5.76. The molecule has 2 heterocycles. The van der Waals surface area contributed by atoms with E-state index >= 15 is 0 Å². The van der Waals surface area contributed by atoms with Gasteiger partial charge in [0.15, 0.2) is 0 Å². The number of carbonyl (C=O) groups is 1. The van der Waals surface area contributed by atoms with Crippen molar-refractivity contribution in [3.05, 3.63) is 66.2 Å². The van der Waals surface area contributed by atoms with Crippen molar-refractivity contribution in [2.24, 2.45) is 0 Å². The molecule has 0 unspecified atom stereocenters. The number of anilines is 3. The predicted octanol–water partition coefficient (Wildman–Crippen LogP) is 1.69. The molecular formula is C19H20N6O3. The molecule has 0 saturated heterocycles. The minimum atomic E-state index is -0.386. The number of nitrogen functional groups attached to an aromatic ring is 1. The van der Waals surface area contributed by atoms with Crippen molar-refractivity contribution >= 4 is 23.1 Å². The summed E-state index contributed by atoms with van der Waals surface area (Å²) in [5.41, 5.74) is 8.31. The second-order valence-electron chi connectivity index (χ2n) is 5.76. The summed E-state index contributed by atoms with van der Waals surface area (Å²) in [5.74, 6) is 0.285. The van der Waals surface area contributed by atoms with Gasteiger partial charge in [0.1, 0.15) is 18.1 Å². The quantitative estimate of drug-likeness (QED) is 0.464. The van der Waals surface area contributed by atoms with Gasteiger partial charge in [-0.2, -0.15) is 0 Å². The number of aliphatic hydroxyl groups excluding tert-OH is 1. The number of hydrogen-bond donors (Lipinski definition) is 4. The SMILES string of the molecule is Nc1ncccc1NCc1cccc(NC(=O)c2cnc(OCCO)cn2)c1. The molecular weight excluding hydrogens is 360 g/mol. The Morgan fingerprint density at radius 1 is 1.14 bits per heavy atom. The molecule has 0 radical (unpaired) electrons. The van der Waals surface area contributed by atoms with Crippen molar-refractivity contribution < 1.29 is 14.6 Å². The van der Waals surface area contributed by atoms with Crippen LogP contribution in [0, 0.1) is 0 Å². The largest absolute Gasteiger partial charge is 0.474 e. The monoisotopic (exact) mass is 380 g/mol. The Labute approximate surface area is 161 Å². The van der Waals surface area contributed by atoms with E-state index in [0.29, 0.717) is 18.1 Å². The molecule has 2 aromatic heterocycles. The lowest BCUT2D eigenvalue weighted by Gasteiger charge is -2.10. The lowest BCUT2D eigenvalue weighted by atomic mass is 10.2. The van der Waals surface area contributed by atoms with Crippen LogP contribution in [-0.4, -0.2) is 39.2 Å². The lowest BCUT2D eigenvalue weighted by molar-refractivity contribution is 0.102. The summed E-state index contributed by atoms with van der Waals surface area (Å²) in [5, 5.41) is 14.7. The Hall–Kier alpha value is -3.72. The van der Waals surface area contributed by atoms with E-state index in [9.17, 15) is 4.79 Å². The molecule has 9 nitrogen and oxygen atoms in total. The fraction of sp³-hybridized carbons (Fsp3) is 0.158. The Bertz CT molecular complexity index is 933. The summed E-state index contributed by atoms with van der Waals surface area (Å²) in [4.78, 5) is 24.4. The first kappa shape index (κ1) is 19.1. The number of pyridine rings is 1. The van der Waals surface area contributed by atoms with E-state index < -0.39 is 0 Å². The number of amides is 1. The van der Waals surface area contributed by atoms with Crippen molar-refractivity contribution in [3.63, 3.8) is 0 Å². The molecule has 0 bridgehead atoms. The summed E-state index contributed by atoms with van der Waals surface area (Å²) < 4.78 is 5.12. The third-order valence-electron chi connectivity index (χ3n) is 3.71. The standard InChI is InChI=1S/C19H20N6O3/c20-18-15(5-2-6-21-18)22-10-13-3-1-4-14(9-13)25-19(27)16-11-24-17(12-23-16)28-8-7-26/h1-6,9,11-12,22,26H,7-8,10H2,(H2,20,21)(H,25,27).